The molecule has 2 N–H and O–H groups in total. The van der Waals surface area contributed by atoms with E-state index in [4.69, 9.17) is 0 Å². The molecule has 0 bridgehead atoms. The molecule has 1 aliphatic heterocycles. The molecule has 0 fully saturated rings. The number of benzene rings is 1. The van der Waals surface area contributed by atoms with Gasteiger partial charge < -0.3 is 10.4 Å². The largest absolute Gasteiger partial charge is 0.508 e. The Morgan fingerprint density at radius 2 is 2.20 bits per heavy atom. The Hall–Kier alpha value is -1.61. The molecule has 2 heterocycles. The van der Waals surface area contributed by atoms with Gasteiger partial charge in [-0.1, -0.05) is 0 Å². The van der Waals surface area contributed by atoms with Crippen LogP contribution in [0.5, 0.6) is 5.75 Å². The van der Waals surface area contributed by atoms with Gasteiger partial charge in [0.15, 0.2) is 0 Å². The van der Waals surface area contributed by atoms with E-state index in [2.05, 4.69) is 16.4 Å². The van der Waals surface area contributed by atoms with Gasteiger partial charge in [0.05, 0.1) is 5.52 Å². The fourth-order valence-corrected chi connectivity index (χ4v) is 2.04. The number of aromatic hydroxyl groups is 1. The Bertz CT molecular complexity index is 522. The minimum atomic E-state index is 0.281. The highest BCUT2D eigenvalue weighted by molar-refractivity contribution is 5.81. The van der Waals surface area contributed by atoms with Gasteiger partial charge in [-0.25, -0.2) is 0 Å². The zero-order valence-electron chi connectivity index (χ0n) is 8.33. The first-order valence-electron chi connectivity index (χ1n) is 5.15. The van der Waals surface area contributed by atoms with Crippen molar-refractivity contribution in [1.29, 1.82) is 0 Å². The van der Waals surface area contributed by atoms with E-state index >= 15 is 0 Å². The third-order valence-corrected chi connectivity index (χ3v) is 2.82. The Kier molecular flexibility index (Phi) is 1.86. The van der Waals surface area contributed by atoms with Gasteiger partial charge in [0.2, 0.25) is 0 Å². The zero-order valence-corrected chi connectivity index (χ0v) is 8.33. The number of nitrogens with zero attached hydrogens (tertiary/aromatic N) is 1. The smallest absolute Gasteiger partial charge is 0.117 e. The van der Waals surface area contributed by atoms with Crippen molar-refractivity contribution in [2.75, 3.05) is 6.54 Å². The molecule has 2 aromatic rings. The third kappa shape index (κ3) is 1.45. The van der Waals surface area contributed by atoms with Crippen LogP contribution in [0.1, 0.15) is 11.3 Å². The van der Waals surface area contributed by atoms with Crippen LogP contribution >= 0.6 is 0 Å². The third-order valence-electron chi connectivity index (χ3n) is 2.82. The van der Waals surface area contributed by atoms with E-state index in [0.717, 1.165) is 36.1 Å². The lowest BCUT2D eigenvalue weighted by atomic mass is 10.0. The van der Waals surface area contributed by atoms with Crippen molar-refractivity contribution < 1.29 is 5.11 Å². The number of phenolic OH excluding ortho intramolecular Hbond substituents is 1. The molecule has 3 heteroatoms. The second-order valence-electron chi connectivity index (χ2n) is 3.90. The maximum absolute atomic E-state index is 9.38. The van der Waals surface area contributed by atoms with Gasteiger partial charge in [-0.15, -0.1) is 0 Å². The number of nitrogens with one attached hydrogen (secondary N) is 1. The molecule has 3 rings (SSSR count). The van der Waals surface area contributed by atoms with Gasteiger partial charge in [0.25, 0.3) is 0 Å². The molecule has 0 amide bonds. The summed E-state index contributed by atoms with van der Waals surface area (Å²) in [7, 11) is 0. The zero-order chi connectivity index (χ0) is 10.3. The number of fused-ring (bicyclic) bond motifs is 2. The normalized spacial score (nSPS) is 15.2. The Morgan fingerprint density at radius 1 is 1.27 bits per heavy atom. The Labute approximate surface area is 87.8 Å². The van der Waals surface area contributed by atoms with Crippen molar-refractivity contribution in [3.63, 3.8) is 0 Å². The molecule has 1 aromatic carbocycles. The standard InChI is InChI=1S/C12H12N2O/c15-10-2-1-8-5-9-7-13-4-3-11(9)14-12(8)6-10/h1-2,5-6,13,15H,3-4,7H2. The van der Waals surface area contributed by atoms with Crippen LogP contribution in [-0.2, 0) is 13.0 Å². The second kappa shape index (κ2) is 3.21. The van der Waals surface area contributed by atoms with Gasteiger partial charge in [-0.2, -0.15) is 0 Å². The second-order valence-corrected chi connectivity index (χ2v) is 3.90. The van der Waals surface area contributed by atoms with E-state index in [0.29, 0.717) is 0 Å². The highest BCUT2D eigenvalue weighted by Gasteiger charge is 2.11. The van der Waals surface area contributed by atoms with Crippen molar-refractivity contribution in [2.45, 2.75) is 13.0 Å². The van der Waals surface area contributed by atoms with Gasteiger partial charge in [0.1, 0.15) is 5.75 Å². The first-order valence-corrected chi connectivity index (χ1v) is 5.15. The topological polar surface area (TPSA) is 45.2 Å². The number of hydrogen-bond acceptors (Lipinski definition) is 3. The van der Waals surface area contributed by atoms with Gasteiger partial charge in [-0.05, 0) is 23.8 Å². The highest BCUT2D eigenvalue weighted by Crippen LogP contribution is 2.22. The van der Waals surface area contributed by atoms with E-state index in [1.54, 1.807) is 12.1 Å². The van der Waals surface area contributed by atoms with Crippen molar-refractivity contribution >= 4 is 10.9 Å². The van der Waals surface area contributed by atoms with E-state index in [1.165, 1.54) is 5.56 Å². The lowest BCUT2D eigenvalue weighted by molar-refractivity contribution is 0.476. The van der Waals surface area contributed by atoms with E-state index in [1.807, 2.05) is 6.07 Å². The summed E-state index contributed by atoms with van der Waals surface area (Å²) < 4.78 is 0. The lowest BCUT2D eigenvalue weighted by Crippen LogP contribution is -2.24. The predicted octanol–water partition coefficient (Wildman–Crippen LogP) is 1.59. The molecule has 3 nitrogen and oxygen atoms in total. The molecule has 0 atom stereocenters. The summed E-state index contributed by atoms with van der Waals surface area (Å²) in [6.45, 7) is 1.89. The average Bonchev–Trinajstić information content (AvgIpc) is 2.26. The maximum Gasteiger partial charge on any atom is 0.117 e. The molecular weight excluding hydrogens is 188 g/mol. The first kappa shape index (κ1) is 8.68. The van der Waals surface area contributed by atoms with Gasteiger partial charge in [-0.3, -0.25) is 4.98 Å². The molecule has 0 aliphatic carbocycles. The monoisotopic (exact) mass is 200 g/mol. The Morgan fingerprint density at radius 3 is 3.13 bits per heavy atom. The molecule has 1 aliphatic rings. The summed E-state index contributed by atoms with van der Waals surface area (Å²) in [6.07, 6.45) is 0.973. The van der Waals surface area contributed by atoms with E-state index in [-0.39, 0.29) is 5.75 Å². The maximum atomic E-state index is 9.38. The van der Waals surface area contributed by atoms with Gasteiger partial charge in [0, 0.05) is 36.7 Å². The van der Waals surface area contributed by atoms with Crippen molar-refractivity contribution in [3.05, 3.63) is 35.5 Å². The highest BCUT2D eigenvalue weighted by atomic mass is 16.3. The van der Waals surface area contributed by atoms with Gasteiger partial charge >= 0.3 is 0 Å². The number of phenols is 1. The Balaban J connectivity index is 2.26. The van der Waals surface area contributed by atoms with Crippen LogP contribution < -0.4 is 5.32 Å². The van der Waals surface area contributed by atoms with Crippen LogP contribution in [0, 0.1) is 0 Å². The molecule has 0 radical (unpaired) electrons. The van der Waals surface area contributed by atoms with Crippen LogP contribution in [0.2, 0.25) is 0 Å². The molecule has 0 spiro atoms. The molecule has 0 unspecified atom stereocenters. The fraction of sp³-hybridized carbons (Fsp3) is 0.250. The summed E-state index contributed by atoms with van der Waals surface area (Å²) in [4.78, 5) is 4.58. The SMILES string of the molecule is Oc1ccc2cc3c(nc2c1)CCNC3. The number of rotatable bonds is 0. The predicted molar refractivity (Wildman–Crippen MR) is 58.8 cm³/mol. The van der Waals surface area contributed by atoms with Crippen molar-refractivity contribution in [2.24, 2.45) is 0 Å². The van der Waals surface area contributed by atoms with Crippen LogP contribution in [0.25, 0.3) is 10.9 Å². The minimum absolute atomic E-state index is 0.281. The van der Waals surface area contributed by atoms with Crippen molar-refractivity contribution in [1.82, 2.24) is 10.3 Å². The molecule has 0 saturated carbocycles. The number of aromatic nitrogens is 1. The van der Waals surface area contributed by atoms with Crippen LogP contribution in [0.4, 0.5) is 0 Å². The van der Waals surface area contributed by atoms with Crippen LogP contribution in [0.15, 0.2) is 24.3 Å². The average molecular weight is 200 g/mol. The first-order chi connectivity index (χ1) is 7.33. The minimum Gasteiger partial charge on any atom is -0.508 e. The molecule has 76 valence electrons. The van der Waals surface area contributed by atoms with E-state index in [9.17, 15) is 5.11 Å². The molecule has 15 heavy (non-hydrogen) atoms. The molecule has 1 aromatic heterocycles. The lowest BCUT2D eigenvalue weighted by Gasteiger charge is -2.16. The summed E-state index contributed by atoms with van der Waals surface area (Å²) in [6, 6.07) is 7.49. The van der Waals surface area contributed by atoms with Crippen LogP contribution in [-0.4, -0.2) is 16.6 Å². The quantitative estimate of drug-likeness (QED) is 0.678. The number of pyridine rings is 1. The fourth-order valence-electron chi connectivity index (χ4n) is 2.04. The summed E-state index contributed by atoms with van der Waals surface area (Å²) in [5, 5.41) is 13.8. The summed E-state index contributed by atoms with van der Waals surface area (Å²) >= 11 is 0. The summed E-state index contributed by atoms with van der Waals surface area (Å²) in [5.41, 5.74) is 3.32. The van der Waals surface area contributed by atoms with Crippen LogP contribution in [0.3, 0.4) is 0 Å². The molecular formula is C12H12N2O. The summed E-state index contributed by atoms with van der Waals surface area (Å²) in [5.74, 6) is 0.281. The van der Waals surface area contributed by atoms with E-state index < -0.39 is 0 Å². The van der Waals surface area contributed by atoms with Crippen molar-refractivity contribution in [3.8, 4) is 5.75 Å². The molecule has 0 saturated heterocycles. The number of hydrogen-bond donors (Lipinski definition) is 2.